The van der Waals surface area contributed by atoms with Gasteiger partial charge in [-0.05, 0) is 46.7 Å². The smallest absolute Gasteiger partial charge is 0.0125 e. The number of hydrogen-bond acceptors (Lipinski definition) is 2. The Labute approximate surface area is 205 Å². The van der Waals surface area contributed by atoms with Gasteiger partial charge < -0.3 is 6.15 Å². The second-order valence-corrected chi connectivity index (χ2v) is 10.5. The van der Waals surface area contributed by atoms with Crippen LogP contribution in [0.2, 0.25) is 0 Å². The van der Waals surface area contributed by atoms with Gasteiger partial charge >= 0.3 is 0 Å². The maximum absolute atomic E-state index is 2.75. The summed E-state index contributed by atoms with van der Waals surface area (Å²) < 4.78 is 0. The Kier molecular flexibility index (Phi) is 30.6. The minimum atomic E-state index is 0. The maximum Gasteiger partial charge on any atom is 0.0125 e. The first-order valence-electron chi connectivity index (χ1n) is 13.8. The molecule has 0 atom stereocenters. The summed E-state index contributed by atoms with van der Waals surface area (Å²) in [5, 5.41) is 0. The summed E-state index contributed by atoms with van der Waals surface area (Å²) in [7, 11) is 0. The minimum absolute atomic E-state index is 0. The Balaban J connectivity index is -0.00000392. The fraction of sp³-hybridized carbons (Fsp3) is 1.00. The van der Waals surface area contributed by atoms with E-state index in [0.717, 1.165) is 0 Å². The third-order valence-electron chi connectivity index (χ3n) is 6.51. The molecule has 0 fully saturated rings. The normalized spacial score (nSPS) is 11.4. The Hall–Kier alpha value is 0.210. The molecule has 0 radical (unpaired) electrons. The highest BCUT2D eigenvalue weighted by atomic mass is 35.5. The van der Waals surface area contributed by atoms with Gasteiger partial charge in [-0.1, -0.05) is 129 Å². The van der Waals surface area contributed by atoms with Crippen LogP contribution in [-0.4, -0.2) is 23.5 Å². The Morgan fingerprint density at radius 3 is 0.871 bits per heavy atom. The lowest BCUT2D eigenvalue weighted by molar-refractivity contribution is 0.130. The van der Waals surface area contributed by atoms with Crippen LogP contribution in [0.3, 0.4) is 0 Å². The van der Waals surface area contributed by atoms with Crippen molar-refractivity contribution < 1.29 is 0 Å². The van der Waals surface area contributed by atoms with E-state index in [2.05, 4.69) is 39.5 Å². The first kappa shape index (κ1) is 35.8. The van der Waals surface area contributed by atoms with Gasteiger partial charge in [0.1, 0.15) is 0 Å². The maximum atomic E-state index is 2.75. The predicted molar refractivity (Wildman–Crippen MR) is 147 cm³/mol. The summed E-state index contributed by atoms with van der Waals surface area (Å²) in [6, 6.07) is 0. The van der Waals surface area contributed by atoms with Gasteiger partial charge in [0, 0.05) is 5.54 Å². The Morgan fingerprint density at radius 1 is 0.419 bits per heavy atom. The second kappa shape index (κ2) is 26.5. The molecule has 0 aromatic heterocycles. The standard InChI is InChI=1S/C28H59N.ClH.H3N/c1-6-8-10-12-14-16-18-20-22-24-26-29(28(3,4)5)27-25-23-21-19-17-15-13-11-9-7-2;;/h6-27H2,1-5H3;1H;1H3. The van der Waals surface area contributed by atoms with Crippen molar-refractivity contribution in [3.05, 3.63) is 0 Å². The molecule has 0 aliphatic heterocycles. The molecule has 2 nitrogen and oxygen atoms in total. The van der Waals surface area contributed by atoms with Crippen molar-refractivity contribution >= 4 is 12.4 Å². The first-order valence-corrected chi connectivity index (χ1v) is 13.8. The third-order valence-corrected chi connectivity index (χ3v) is 6.51. The van der Waals surface area contributed by atoms with E-state index in [1.54, 1.807) is 0 Å². The zero-order valence-electron chi connectivity index (χ0n) is 22.6. The highest BCUT2D eigenvalue weighted by Crippen LogP contribution is 2.18. The number of rotatable bonds is 22. The molecule has 0 aliphatic rings. The minimum Gasteiger partial charge on any atom is -0.344 e. The van der Waals surface area contributed by atoms with Crippen LogP contribution in [-0.2, 0) is 0 Å². The van der Waals surface area contributed by atoms with Gasteiger partial charge in [-0.2, -0.15) is 0 Å². The highest BCUT2D eigenvalue weighted by molar-refractivity contribution is 5.85. The zero-order valence-corrected chi connectivity index (χ0v) is 23.4. The number of halogens is 1. The fourth-order valence-corrected chi connectivity index (χ4v) is 4.36. The van der Waals surface area contributed by atoms with E-state index in [0.29, 0.717) is 5.54 Å². The Bertz CT molecular complexity index is 291. The predicted octanol–water partition coefficient (Wildman–Crippen LogP) is 10.5. The molecule has 192 valence electrons. The van der Waals surface area contributed by atoms with Crippen molar-refractivity contribution in [2.24, 2.45) is 0 Å². The number of hydrogen-bond donors (Lipinski definition) is 1. The molecular formula is C28H63ClN2. The van der Waals surface area contributed by atoms with Crippen LogP contribution in [0.4, 0.5) is 0 Å². The van der Waals surface area contributed by atoms with E-state index in [4.69, 9.17) is 0 Å². The van der Waals surface area contributed by atoms with Crippen molar-refractivity contribution in [1.82, 2.24) is 11.1 Å². The molecule has 0 saturated heterocycles. The van der Waals surface area contributed by atoms with E-state index in [9.17, 15) is 0 Å². The lowest BCUT2D eigenvalue weighted by Gasteiger charge is -2.36. The van der Waals surface area contributed by atoms with E-state index < -0.39 is 0 Å². The average Bonchev–Trinajstić information content (AvgIpc) is 2.68. The van der Waals surface area contributed by atoms with Crippen LogP contribution in [0.25, 0.3) is 0 Å². The largest absolute Gasteiger partial charge is 0.344 e. The fourth-order valence-electron chi connectivity index (χ4n) is 4.36. The van der Waals surface area contributed by atoms with Crippen LogP contribution in [0.15, 0.2) is 0 Å². The molecule has 0 unspecified atom stereocenters. The van der Waals surface area contributed by atoms with Crippen molar-refractivity contribution in [2.75, 3.05) is 13.1 Å². The molecule has 0 aromatic rings. The van der Waals surface area contributed by atoms with Crippen LogP contribution >= 0.6 is 12.4 Å². The number of unbranched alkanes of at least 4 members (excludes halogenated alkanes) is 18. The van der Waals surface area contributed by atoms with Crippen LogP contribution in [0.5, 0.6) is 0 Å². The van der Waals surface area contributed by atoms with Gasteiger partial charge in [0.05, 0.1) is 0 Å². The molecule has 0 saturated carbocycles. The van der Waals surface area contributed by atoms with E-state index in [1.807, 2.05) is 0 Å². The van der Waals surface area contributed by atoms with Gasteiger partial charge in [0.25, 0.3) is 0 Å². The summed E-state index contributed by atoms with van der Waals surface area (Å²) >= 11 is 0. The van der Waals surface area contributed by atoms with Gasteiger partial charge in [0.2, 0.25) is 0 Å². The second-order valence-electron chi connectivity index (χ2n) is 10.5. The molecule has 0 amide bonds. The Morgan fingerprint density at radius 2 is 0.645 bits per heavy atom. The molecule has 0 rings (SSSR count). The molecule has 0 heterocycles. The third kappa shape index (κ3) is 26.3. The average molecular weight is 463 g/mol. The first-order chi connectivity index (χ1) is 14.0. The summed E-state index contributed by atoms with van der Waals surface area (Å²) in [5.41, 5.74) is 0.332. The molecule has 0 aromatic carbocycles. The van der Waals surface area contributed by atoms with Gasteiger partial charge in [-0.3, -0.25) is 4.90 Å². The molecular weight excluding hydrogens is 400 g/mol. The molecule has 31 heavy (non-hydrogen) atoms. The van der Waals surface area contributed by atoms with Crippen LogP contribution < -0.4 is 6.15 Å². The number of nitrogens with zero attached hydrogens (tertiary/aromatic N) is 1. The van der Waals surface area contributed by atoms with E-state index >= 15 is 0 Å². The summed E-state index contributed by atoms with van der Waals surface area (Å²) in [4.78, 5) is 2.75. The summed E-state index contributed by atoms with van der Waals surface area (Å²) in [6.45, 7) is 14.4. The van der Waals surface area contributed by atoms with Crippen LogP contribution in [0.1, 0.15) is 163 Å². The summed E-state index contributed by atoms with van der Waals surface area (Å²) in [5.74, 6) is 0. The lowest BCUT2D eigenvalue weighted by atomic mass is 10.0. The zero-order chi connectivity index (χ0) is 21.6. The van der Waals surface area contributed by atoms with Crippen LogP contribution in [0, 0.1) is 0 Å². The van der Waals surface area contributed by atoms with Crippen molar-refractivity contribution in [3.63, 3.8) is 0 Å². The molecule has 0 spiro atoms. The van der Waals surface area contributed by atoms with Gasteiger partial charge in [0.15, 0.2) is 0 Å². The monoisotopic (exact) mass is 462 g/mol. The SMILES string of the molecule is CCCCCCCCCCCCN(CCCCCCCCCCCC)C(C)(C)C.Cl.N. The van der Waals surface area contributed by atoms with Gasteiger partial charge in [-0.15, -0.1) is 12.4 Å². The molecule has 0 aliphatic carbocycles. The molecule has 3 heteroatoms. The van der Waals surface area contributed by atoms with Gasteiger partial charge in [-0.25, -0.2) is 0 Å². The lowest BCUT2D eigenvalue weighted by Crippen LogP contribution is -2.42. The van der Waals surface area contributed by atoms with Crippen molar-refractivity contribution in [2.45, 2.75) is 169 Å². The van der Waals surface area contributed by atoms with Crippen molar-refractivity contribution in [1.29, 1.82) is 0 Å². The van der Waals surface area contributed by atoms with Crippen molar-refractivity contribution in [3.8, 4) is 0 Å². The topological polar surface area (TPSA) is 38.2 Å². The summed E-state index contributed by atoms with van der Waals surface area (Å²) in [6.07, 6.45) is 28.7. The quantitative estimate of drug-likeness (QED) is 0.162. The highest BCUT2D eigenvalue weighted by Gasteiger charge is 2.19. The molecule has 3 N–H and O–H groups in total. The van der Waals surface area contributed by atoms with E-state index in [-0.39, 0.29) is 18.6 Å². The van der Waals surface area contributed by atoms with E-state index in [1.165, 1.54) is 142 Å². The molecule has 0 bridgehead atoms.